The van der Waals surface area contributed by atoms with Crippen LogP contribution in [0.1, 0.15) is 70.8 Å². The fourth-order valence-electron chi connectivity index (χ4n) is 5.46. The van der Waals surface area contributed by atoms with E-state index in [0.29, 0.717) is 23.5 Å². The highest BCUT2D eigenvalue weighted by atomic mass is 16.7. The number of carbonyl (C=O) groups is 2. The predicted octanol–water partition coefficient (Wildman–Crippen LogP) is 4.72. The van der Waals surface area contributed by atoms with Gasteiger partial charge in [-0.25, -0.2) is 0 Å². The molecule has 0 radical (unpaired) electrons. The Bertz CT molecular complexity index is 999. The van der Waals surface area contributed by atoms with Crippen LogP contribution in [0, 0.1) is 11.3 Å². The molecule has 6 nitrogen and oxygen atoms in total. The maximum absolute atomic E-state index is 13.4. The van der Waals surface area contributed by atoms with Crippen molar-refractivity contribution in [1.82, 2.24) is 0 Å². The molecule has 1 aromatic carbocycles. The molecule has 4 aliphatic rings. The fraction of sp³-hybridized carbons (Fsp3) is 0.560. The van der Waals surface area contributed by atoms with E-state index >= 15 is 0 Å². The van der Waals surface area contributed by atoms with Gasteiger partial charge in [0, 0.05) is 29.3 Å². The molecule has 0 bridgehead atoms. The average molecular weight is 424 g/mol. The highest BCUT2D eigenvalue weighted by Gasteiger charge is 2.46. The van der Waals surface area contributed by atoms with Crippen LogP contribution in [0.4, 0.5) is 0 Å². The number of allylic oxidation sites excluding steroid dienone is 2. The minimum atomic E-state index is -0.607. The van der Waals surface area contributed by atoms with Crippen molar-refractivity contribution in [3.63, 3.8) is 0 Å². The number of rotatable bonds is 3. The number of fused-ring (bicyclic) bond motifs is 1. The van der Waals surface area contributed by atoms with Crippen molar-refractivity contribution in [2.24, 2.45) is 16.3 Å². The fourth-order valence-corrected chi connectivity index (χ4v) is 5.46. The van der Waals surface area contributed by atoms with Crippen LogP contribution in [-0.2, 0) is 14.3 Å². The quantitative estimate of drug-likeness (QED) is 0.658. The van der Waals surface area contributed by atoms with Crippen molar-refractivity contribution in [2.75, 3.05) is 6.79 Å². The maximum atomic E-state index is 13.4. The van der Waals surface area contributed by atoms with Crippen LogP contribution in [0.25, 0.3) is 0 Å². The van der Waals surface area contributed by atoms with E-state index in [0.717, 1.165) is 49.1 Å². The summed E-state index contributed by atoms with van der Waals surface area (Å²) in [6.07, 6.45) is 5.13. The van der Waals surface area contributed by atoms with Gasteiger partial charge in [-0.2, -0.15) is 0 Å². The van der Waals surface area contributed by atoms with Gasteiger partial charge in [-0.05, 0) is 62.1 Å². The Balaban J connectivity index is 1.58. The number of hydrogen-bond donors (Lipinski definition) is 0. The lowest BCUT2D eigenvalue weighted by molar-refractivity contribution is -0.151. The van der Waals surface area contributed by atoms with Crippen LogP contribution in [-0.4, -0.2) is 30.4 Å². The SMILES string of the molecule is CC1=NC2=C(C(=O)CC(C)(C)C2)[C@H](c2ccc3c(c2)OCO3)C1C(=O)OC1CCCC1. The summed E-state index contributed by atoms with van der Waals surface area (Å²) in [4.78, 5) is 31.5. The smallest absolute Gasteiger partial charge is 0.315 e. The van der Waals surface area contributed by atoms with Gasteiger partial charge >= 0.3 is 5.97 Å². The summed E-state index contributed by atoms with van der Waals surface area (Å²) in [5, 5.41) is 0. The molecule has 6 heteroatoms. The first-order valence-corrected chi connectivity index (χ1v) is 11.2. The van der Waals surface area contributed by atoms with Gasteiger partial charge < -0.3 is 14.2 Å². The third-order valence-electron chi connectivity index (χ3n) is 6.90. The zero-order chi connectivity index (χ0) is 21.8. The number of hydrogen-bond acceptors (Lipinski definition) is 6. The maximum Gasteiger partial charge on any atom is 0.315 e. The Hall–Kier alpha value is -2.63. The molecule has 2 aliphatic carbocycles. The summed E-state index contributed by atoms with van der Waals surface area (Å²) in [6.45, 7) is 6.25. The van der Waals surface area contributed by atoms with E-state index in [2.05, 4.69) is 13.8 Å². The van der Waals surface area contributed by atoms with Crippen LogP contribution in [0.2, 0.25) is 0 Å². The van der Waals surface area contributed by atoms with Crippen molar-refractivity contribution >= 4 is 17.5 Å². The van der Waals surface area contributed by atoms with Crippen molar-refractivity contribution in [3.05, 3.63) is 35.0 Å². The number of carbonyl (C=O) groups excluding carboxylic acids is 2. The lowest BCUT2D eigenvalue weighted by Crippen LogP contribution is -2.40. The first-order valence-electron chi connectivity index (χ1n) is 11.2. The molecule has 0 N–H and O–H groups in total. The monoisotopic (exact) mass is 423 g/mol. The van der Waals surface area contributed by atoms with Gasteiger partial charge in [0.15, 0.2) is 17.3 Å². The van der Waals surface area contributed by atoms with E-state index in [1.54, 1.807) is 0 Å². The molecular weight excluding hydrogens is 394 g/mol. The van der Waals surface area contributed by atoms with Gasteiger partial charge in [0.1, 0.15) is 12.0 Å². The molecule has 2 atom stereocenters. The van der Waals surface area contributed by atoms with E-state index in [-0.39, 0.29) is 30.1 Å². The van der Waals surface area contributed by atoms with Gasteiger partial charge in [0.25, 0.3) is 0 Å². The third-order valence-corrected chi connectivity index (χ3v) is 6.90. The Morgan fingerprint density at radius 1 is 1.13 bits per heavy atom. The third kappa shape index (κ3) is 3.66. The number of ketones is 1. The topological polar surface area (TPSA) is 74.2 Å². The van der Waals surface area contributed by atoms with Crippen LogP contribution in [0.15, 0.2) is 34.5 Å². The standard InChI is InChI=1S/C25H29NO5/c1-14-21(24(28)31-16-6-4-5-7-16)22(15-8-9-19-20(10-15)30-13-29-19)23-17(26-14)11-25(2,3)12-18(23)27/h8-10,16,21-22H,4-7,11-13H2,1-3H3/t21?,22-/m1/s1. The second kappa shape index (κ2) is 7.50. The summed E-state index contributed by atoms with van der Waals surface area (Å²) in [7, 11) is 0. The molecule has 164 valence electrons. The van der Waals surface area contributed by atoms with Gasteiger partial charge in [-0.15, -0.1) is 0 Å². The minimum absolute atomic E-state index is 0.0333. The van der Waals surface area contributed by atoms with Crippen molar-refractivity contribution in [1.29, 1.82) is 0 Å². The lowest BCUT2D eigenvalue weighted by atomic mass is 9.67. The molecule has 0 saturated heterocycles. The van der Waals surface area contributed by atoms with Gasteiger partial charge in [-0.1, -0.05) is 19.9 Å². The molecule has 5 rings (SSSR count). The number of aliphatic imine (C=N–C) groups is 1. The molecule has 0 spiro atoms. The Labute approximate surface area is 182 Å². The number of nitrogens with zero attached hydrogens (tertiary/aromatic N) is 1. The highest BCUT2D eigenvalue weighted by molar-refractivity contribution is 6.09. The predicted molar refractivity (Wildman–Crippen MR) is 115 cm³/mol. The van der Waals surface area contributed by atoms with E-state index in [1.165, 1.54) is 0 Å². The molecular formula is C25H29NO5. The Kier molecular flexibility index (Phi) is 4.91. The molecule has 0 aromatic heterocycles. The summed E-state index contributed by atoms with van der Waals surface area (Å²) in [5.41, 5.74) is 2.92. The van der Waals surface area contributed by atoms with E-state index < -0.39 is 11.8 Å². The van der Waals surface area contributed by atoms with Crippen LogP contribution < -0.4 is 9.47 Å². The number of Topliss-reactive ketones (excluding diaryl/α,β-unsaturated/α-hetero) is 1. The molecule has 1 fully saturated rings. The van der Waals surface area contributed by atoms with E-state index in [4.69, 9.17) is 19.2 Å². The highest BCUT2D eigenvalue weighted by Crippen LogP contribution is 2.49. The summed E-state index contributed by atoms with van der Waals surface area (Å²) in [6, 6.07) is 5.69. The molecule has 1 unspecified atom stereocenters. The first kappa shape index (κ1) is 20.3. The van der Waals surface area contributed by atoms with Crippen molar-refractivity contribution < 1.29 is 23.8 Å². The molecule has 0 amide bonds. The first-order chi connectivity index (χ1) is 14.8. The lowest BCUT2D eigenvalue weighted by Gasteiger charge is -2.39. The number of esters is 1. The average Bonchev–Trinajstić information content (AvgIpc) is 3.36. The van der Waals surface area contributed by atoms with Gasteiger partial charge in [0.05, 0.1) is 0 Å². The minimum Gasteiger partial charge on any atom is -0.462 e. The molecule has 1 aromatic rings. The zero-order valence-electron chi connectivity index (χ0n) is 18.4. The van der Waals surface area contributed by atoms with Gasteiger partial charge in [-0.3, -0.25) is 14.6 Å². The Morgan fingerprint density at radius 3 is 2.65 bits per heavy atom. The number of benzene rings is 1. The molecule has 1 saturated carbocycles. The second-order valence-corrected chi connectivity index (χ2v) is 9.97. The summed E-state index contributed by atoms with van der Waals surface area (Å²) >= 11 is 0. The largest absolute Gasteiger partial charge is 0.462 e. The van der Waals surface area contributed by atoms with E-state index in [1.807, 2.05) is 25.1 Å². The Morgan fingerprint density at radius 2 is 1.87 bits per heavy atom. The second-order valence-electron chi connectivity index (χ2n) is 9.97. The van der Waals surface area contributed by atoms with Gasteiger partial charge in [0.2, 0.25) is 6.79 Å². The molecule has 2 heterocycles. The summed E-state index contributed by atoms with van der Waals surface area (Å²) < 4.78 is 17.0. The van der Waals surface area contributed by atoms with E-state index in [9.17, 15) is 9.59 Å². The number of ether oxygens (including phenoxy) is 3. The van der Waals surface area contributed by atoms with Crippen molar-refractivity contribution in [3.8, 4) is 11.5 Å². The molecule has 2 aliphatic heterocycles. The van der Waals surface area contributed by atoms with Crippen LogP contribution >= 0.6 is 0 Å². The summed E-state index contributed by atoms with van der Waals surface area (Å²) in [5.74, 6) is 0.0971. The molecule has 31 heavy (non-hydrogen) atoms. The van der Waals surface area contributed by atoms with Crippen LogP contribution in [0.3, 0.4) is 0 Å². The normalized spacial score (nSPS) is 27.2. The van der Waals surface area contributed by atoms with Crippen LogP contribution in [0.5, 0.6) is 11.5 Å². The van der Waals surface area contributed by atoms with Crippen molar-refractivity contribution in [2.45, 2.75) is 71.3 Å². The zero-order valence-corrected chi connectivity index (χ0v) is 18.4.